The number of ether oxygens (including phenoxy) is 6. The number of nitrogens with zero attached hydrogens (tertiary/aromatic N) is 3. The molecule has 12 rings (SSSR count). The van der Waals surface area contributed by atoms with Crippen molar-refractivity contribution < 1.29 is 96.2 Å². The zero-order valence-corrected chi connectivity index (χ0v) is 87.9. The van der Waals surface area contributed by atoms with Crippen LogP contribution < -0.4 is 18.9 Å². The number of aryl methyl sites for hydroxylation is 8. The molecule has 0 bridgehead atoms. The Kier molecular flexibility index (Phi) is 39.7. The van der Waals surface area contributed by atoms with Gasteiger partial charge in [0, 0.05) is 150 Å². The number of carbonyl (C=O) groups excluding carboxylic acids is 10. The van der Waals surface area contributed by atoms with E-state index in [9.17, 15) is 67.7 Å². The number of ketones is 4. The summed E-state index contributed by atoms with van der Waals surface area (Å²) in [5.74, 6) is -1.56. The number of carbonyl (C=O) groups is 12. The number of hydrogen-bond donors (Lipinski definition) is 2. The fraction of sp³-hybridized carbons (Fsp3) is 0.450. The molecule has 28 heteroatoms. The first-order valence-corrected chi connectivity index (χ1v) is 51.2. The van der Waals surface area contributed by atoms with Crippen molar-refractivity contribution in [2.75, 3.05) is 77.5 Å². The van der Waals surface area contributed by atoms with Crippen LogP contribution >= 0.6 is 58.6 Å². The first-order valence-electron chi connectivity index (χ1n) is 45.9. The Labute approximate surface area is 829 Å². The molecule has 8 aromatic rings. The number of thioether (sulfide) groups is 4. The van der Waals surface area contributed by atoms with Crippen LogP contribution in [0.1, 0.15) is 248 Å². The van der Waals surface area contributed by atoms with Crippen molar-refractivity contribution in [1.29, 1.82) is 0 Å². The largest absolute Gasteiger partial charge is 0.478 e. The van der Waals surface area contributed by atoms with E-state index in [2.05, 4.69) is 23.7 Å². The molecule has 3 aliphatic heterocycles. The maximum atomic E-state index is 13.5. The van der Waals surface area contributed by atoms with E-state index in [0.29, 0.717) is 85.6 Å². The fourth-order valence-corrected chi connectivity index (χ4v) is 19.4. The minimum Gasteiger partial charge on any atom is -0.478 e. The topological polar surface area (TPSA) is 310 Å². The zero-order valence-electron chi connectivity index (χ0n) is 83.8. The van der Waals surface area contributed by atoms with E-state index in [1.165, 1.54) is 54.0 Å². The average Bonchev–Trinajstić information content (AvgIpc) is 1.72. The second-order valence-electron chi connectivity index (χ2n) is 37.3. The second kappa shape index (κ2) is 48.7. The Bertz CT molecular complexity index is 5470. The molecular weight excluding hydrogens is 1830 g/mol. The maximum Gasteiger partial charge on any atom is 0.349 e. The van der Waals surface area contributed by atoms with Gasteiger partial charge >= 0.3 is 23.9 Å². The standard InChI is InChI=1S/C28H35NO5S.C27H34O4S.2C26H31NO5S.C2H3ClO/c1-8-33-27(32)28(5,6)34-26-17(2)13-21(14-18(26)3)23-15-29(19(4)30)16-24(23)25(31)20-9-11-22(35-7)12-10-20;1-7-30-26(29)27(4,5)31-25-17(2)15-20(16-18(25)3)22-9-8-10-23(22)24(28)19-11-13-21(32-6)14-12-19;2*1-15-11-19(12-16(2)24(15)32-26(4,5)25(30)31)21-13-27(17(3)28)14-22(21)23(29)18-7-9-20(33-6)10-8-18;1-2(3)4/h9-14,23-24H,8,15-16H2,1-7H3;11-16,22-23H,7-10H2,1-6H3;2*7-12,21-22H,13-14H2,1-6H3,(H,30,31);1H3/t23-,24?;22-,23?;2*21-,22+;/m1110./s1. The lowest BCUT2D eigenvalue weighted by Crippen LogP contribution is -2.40. The Hall–Kier alpha value is -10.7. The predicted octanol–water partition coefficient (Wildman–Crippen LogP) is 21.9. The molecule has 23 nitrogen and oxygen atoms in total. The number of aliphatic carboxylic acids is 2. The third kappa shape index (κ3) is 28.8. The molecule has 137 heavy (non-hydrogen) atoms. The van der Waals surface area contributed by atoms with Crippen molar-refractivity contribution in [3.63, 3.8) is 0 Å². The first kappa shape index (κ1) is 112. The normalized spacial score (nSPS) is 17.9. The molecule has 1 aliphatic carbocycles. The van der Waals surface area contributed by atoms with Crippen LogP contribution in [0.2, 0.25) is 0 Å². The van der Waals surface area contributed by atoms with Gasteiger partial charge in [-0.3, -0.25) is 38.4 Å². The molecule has 3 heterocycles. The summed E-state index contributed by atoms with van der Waals surface area (Å²) in [6.45, 7) is 40.9. The number of rotatable bonds is 30. The van der Waals surface area contributed by atoms with Crippen molar-refractivity contribution >= 4 is 129 Å². The average molecular weight is 1970 g/mol. The van der Waals surface area contributed by atoms with E-state index in [1.807, 2.05) is 214 Å². The number of amides is 3. The van der Waals surface area contributed by atoms with E-state index >= 15 is 0 Å². The van der Waals surface area contributed by atoms with Gasteiger partial charge in [0.15, 0.2) is 45.5 Å². The molecule has 0 aromatic heterocycles. The van der Waals surface area contributed by atoms with Crippen LogP contribution in [0.5, 0.6) is 23.0 Å². The van der Waals surface area contributed by atoms with Gasteiger partial charge in [0.25, 0.3) is 0 Å². The lowest BCUT2D eigenvalue weighted by Gasteiger charge is -2.27. The SMILES string of the molecule is CC(=O)Cl.CCOC(=O)C(C)(C)Oc1c(C)cc([C@H]2CCCC2C(=O)c2ccc(SC)cc2)cc1C.CCOC(=O)C(C)(C)Oc1c(C)cc([C@H]2CN(C(C)=O)CC2C(=O)c2ccc(SC)cc2)cc1C.CSc1ccc(C(=O)[C@@H]2CN(C(C)=O)C[C@H]2c2cc(C)c(OC(C)(C)C(=O)O)c(C)c2)cc1.CSc1ccc(C(=O)[C@H]2CN(C(C)=O)C[C@@H]2c2cc(C)c(OC(C)(C)C(=O)O)c(C)c2)cc1. The summed E-state index contributed by atoms with van der Waals surface area (Å²) in [6.07, 6.45) is 11.0. The molecule has 8 atom stereocenters. The molecule has 1 saturated carbocycles. The quantitative estimate of drug-likeness (QED) is 0.0183. The van der Waals surface area contributed by atoms with Gasteiger partial charge in [-0.05, 0) is 295 Å². The lowest BCUT2D eigenvalue weighted by atomic mass is 9.82. The van der Waals surface area contributed by atoms with Crippen LogP contribution in [0, 0.1) is 79.1 Å². The molecule has 736 valence electrons. The Morgan fingerprint density at radius 3 is 0.730 bits per heavy atom. The highest BCUT2D eigenvalue weighted by atomic mass is 35.5. The van der Waals surface area contributed by atoms with Crippen molar-refractivity contribution in [3.8, 4) is 23.0 Å². The molecule has 4 aliphatic rings. The number of likely N-dealkylation sites (tertiary alicyclic amines) is 3. The van der Waals surface area contributed by atoms with Gasteiger partial charge in [-0.1, -0.05) is 103 Å². The molecule has 0 radical (unpaired) electrons. The van der Waals surface area contributed by atoms with Crippen LogP contribution in [0.4, 0.5) is 0 Å². The number of hydrogen-bond acceptors (Lipinski definition) is 22. The van der Waals surface area contributed by atoms with Crippen LogP contribution in [0.25, 0.3) is 0 Å². The monoisotopic (exact) mass is 1970 g/mol. The number of Topliss-reactive ketones (excluding diaryl/α,β-unsaturated/α-hetero) is 4. The van der Waals surface area contributed by atoms with Gasteiger partial charge in [-0.15, -0.1) is 47.0 Å². The van der Waals surface area contributed by atoms with Crippen molar-refractivity contribution in [1.82, 2.24) is 14.7 Å². The number of halogens is 1. The van der Waals surface area contributed by atoms with E-state index in [1.54, 1.807) is 110 Å². The minimum absolute atomic E-state index is 0.00308. The summed E-state index contributed by atoms with van der Waals surface area (Å²) < 4.78 is 34.2. The van der Waals surface area contributed by atoms with Gasteiger partial charge in [0.2, 0.25) is 23.0 Å². The number of carboxylic acid groups (broad SMARTS) is 2. The Morgan fingerprint density at radius 2 is 0.533 bits per heavy atom. The summed E-state index contributed by atoms with van der Waals surface area (Å²) in [6, 6.07) is 46.8. The van der Waals surface area contributed by atoms with Crippen molar-refractivity contribution in [3.05, 3.63) is 235 Å². The van der Waals surface area contributed by atoms with Crippen LogP contribution in [-0.2, 0) is 47.8 Å². The minimum atomic E-state index is -1.36. The van der Waals surface area contributed by atoms with Gasteiger partial charge in [-0.2, -0.15) is 0 Å². The predicted molar refractivity (Wildman–Crippen MR) is 543 cm³/mol. The summed E-state index contributed by atoms with van der Waals surface area (Å²) >= 11 is 11.2. The van der Waals surface area contributed by atoms with Crippen molar-refractivity contribution in [2.45, 2.75) is 237 Å². The van der Waals surface area contributed by atoms with Gasteiger partial charge in [0.05, 0.1) is 13.2 Å². The number of esters is 2. The molecule has 0 spiro atoms. The third-order valence-corrected chi connectivity index (χ3v) is 28.3. The molecule has 3 amide bonds. The molecule has 2 N–H and O–H groups in total. The van der Waals surface area contributed by atoms with Crippen LogP contribution in [0.3, 0.4) is 0 Å². The van der Waals surface area contributed by atoms with E-state index in [4.69, 9.17) is 28.4 Å². The molecule has 2 unspecified atom stereocenters. The Balaban J connectivity index is 0.000000221. The number of benzene rings is 8. The number of carboxylic acids is 2. The first-order chi connectivity index (χ1) is 64.3. The van der Waals surface area contributed by atoms with Crippen LogP contribution in [-0.4, -0.2) is 195 Å². The summed E-state index contributed by atoms with van der Waals surface area (Å²) in [7, 11) is 0. The van der Waals surface area contributed by atoms with E-state index in [-0.39, 0.29) is 106 Å². The second-order valence-corrected chi connectivity index (χ2v) is 41.4. The van der Waals surface area contributed by atoms with Gasteiger partial charge in [-0.25, -0.2) is 19.2 Å². The van der Waals surface area contributed by atoms with E-state index in [0.717, 1.165) is 106 Å². The lowest BCUT2D eigenvalue weighted by molar-refractivity contribution is -0.159. The maximum absolute atomic E-state index is 13.5. The van der Waals surface area contributed by atoms with Crippen molar-refractivity contribution in [2.24, 2.45) is 23.7 Å². The summed E-state index contributed by atoms with van der Waals surface area (Å²) in [5.41, 5.74) is 8.78. The zero-order chi connectivity index (χ0) is 102. The smallest absolute Gasteiger partial charge is 0.349 e. The highest BCUT2D eigenvalue weighted by molar-refractivity contribution is 7.99. The highest BCUT2D eigenvalue weighted by Crippen LogP contribution is 2.47. The molecule has 4 fully saturated rings. The Morgan fingerprint density at radius 1 is 0.328 bits per heavy atom. The highest BCUT2D eigenvalue weighted by Gasteiger charge is 2.46. The van der Waals surface area contributed by atoms with Gasteiger partial charge < -0.3 is 53.3 Å². The third-order valence-electron chi connectivity index (χ3n) is 25.3. The van der Waals surface area contributed by atoms with Crippen LogP contribution in [0.15, 0.2) is 165 Å². The van der Waals surface area contributed by atoms with Gasteiger partial charge in [0.1, 0.15) is 23.0 Å². The molecule has 8 aromatic carbocycles. The summed E-state index contributed by atoms with van der Waals surface area (Å²) in [4.78, 5) is 157. The van der Waals surface area contributed by atoms with E-state index < -0.39 is 40.3 Å². The summed E-state index contributed by atoms with van der Waals surface area (Å²) in [5, 5.41) is 18.5. The molecule has 3 saturated heterocycles. The molecular formula is C109H134ClN3O20S4. The fourth-order valence-electron chi connectivity index (χ4n) is 17.8.